The van der Waals surface area contributed by atoms with Crippen LogP contribution in [0.15, 0.2) is 9.52 Å². The molecule has 0 aliphatic carbocycles. The van der Waals surface area contributed by atoms with E-state index in [1.165, 1.54) is 0 Å². The molecule has 0 unspecified atom stereocenters. The molecule has 12 heteroatoms. The molecule has 2 heterocycles. The molecule has 0 aromatic carbocycles. The maximum absolute atomic E-state index is 12.6. The third kappa shape index (κ3) is 5.12. The van der Waals surface area contributed by atoms with Gasteiger partial charge >= 0.3 is 15.5 Å². The lowest BCUT2D eigenvalue weighted by Gasteiger charge is -2.32. The summed E-state index contributed by atoms with van der Waals surface area (Å²) < 4.78 is 66.3. The topological polar surface area (TPSA) is 99.8 Å². The van der Waals surface area contributed by atoms with Gasteiger partial charge in [-0.2, -0.15) is 17.5 Å². The number of nitrogens with zero attached hydrogens (tertiary/aromatic N) is 3. The highest BCUT2D eigenvalue weighted by Gasteiger charge is 2.50. The molecule has 1 saturated heterocycles. The van der Waals surface area contributed by atoms with E-state index in [-0.39, 0.29) is 32.0 Å². The fraction of sp³-hybridized carbons (Fsp3) is 0.733. The maximum atomic E-state index is 12.6. The van der Waals surface area contributed by atoms with E-state index in [2.05, 4.69) is 20.8 Å². The van der Waals surface area contributed by atoms with E-state index in [0.29, 0.717) is 23.2 Å². The van der Waals surface area contributed by atoms with Gasteiger partial charge in [-0.1, -0.05) is 5.16 Å². The third-order valence-corrected chi connectivity index (χ3v) is 6.13. The zero-order chi connectivity index (χ0) is 20.2. The van der Waals surface area contributed by atoms with E-state index in [1.54, 1.807) is 7.05 Å². The van der Waals surface area contributed by atoms with Crippen molar-refractivity contribution in [1.82, 2.24) is 20.1 Å². The second-order valence-electron chi connectivity index (χ2n) is 6.32. The average Bonchev–Trinajstić information content (AvgIpc) is 2.92. The molecule has 0 spiro atoms. The van der Waals surface area contributed by atoms with Gasteiger partial charge in [0.1, 0.15) is 5.76 Å². The van der Waals surface area contributed by atoms with Gasteiger partial charge in [-0.3, -0.25) is 4.99 Å². The lowest BCUT2D eigenvalue weighted by Crippen LogP contribution is -2.51. The largest absolute Gasteiger partial charge is 0.511 e. The van der Waals surface area contributed by atoms with Gasteiger partial charge in [0, 0.05) is 38.3 Å². The first-order chi connectivity index (χ1) is 12.6. The van der Waals surface area contributed by atoms with Crippen LogP contribution < -0.4 is 10.6 Å². The summed E-state index contributed by atoms with van der Waals surface area (Å²) >= 11 is 0. The van der Waals surface area contributed by atoms with Crippen molar-refractivity contribution in [2.45, 2.75) is 44.7 Å². The van der Waals surface area contributed by atoms with Crippen LogP contribution in [0.2, 0.25) is 0 Å². The molecule has 1 aromatic heterocycles. The van der Waals surface area contributed by atoms with Crippen LogP contribution in [0.25, 0.3) is 0 Å². The van der Waals surface area contributed by atoms with E-state index in [4.69, 9.17) is 4.52 Å². The molecule has 1 aromatic rings. The molecular formula is C15H24F3N5O3S. The fourth-order valence-electron chi connectivity index (χ4n) is 2.94. The Morgan fingerprint density at radius 3 is 2.44 bits per heavy atom. The van der Waals surface area contributed by atoms with Crippen molar-refractivity contribution in [2.24, 2.45) is 4.99 Å². The molecule has 1 fully saturated rings. The van der Waals surface area contributed by atoms with Crippen LogP contribution in [0.3, 0.4) is 0 Å². The molecule has 0 saturated carbocycles. The number of hydrogen-bond acceptors (Lipinski definition) is 5. The lowest BCUT2D eigenvalue weighted by atomic mass is 10.1. The minimum Gasteiger partial charge on any atom is -0.361 e. The zero-order valence-electron chi connectivity index (χ0n) is 15.4. The first-order valence-electron chi connectivity index (χ1n) is 8.51. The number of piperidine rings is 1. The van der Waals surface area contributed by atoms with Crippen LogP contribution in [0.5, 0.6) is 0 Å². The van der Waals surface area contributed by atoms with Crippen molar-refractivity contribution >= 4 is 16.0 Å². The molecule has 27 heavy (non-hydrogen) atoms. The first kappa shape index (κ1) is 21.5. The number of aromatic nitrogens is 1. The van der Waals surface area contributed by atoms with E-state index < -0.39 is 15.5 Å². The summed E-state index contributed by atoms with van der Waals surface area (Å²) in [5, 5.41) is 10.1. The second kappa shape index (κ2) is 8.46. The van der Waals surface area contributed by atoms with Gasteiger partial charge in [-0.05, 0) is 33.1 Å². The minimum atomic E-state index is -5.26. The van der Waals surface area contributed by atoms with Crippen LogP contribution in [-0.2, 0) is 16.4 Å². The van der Waals surface area contributed by atoms with Crippen molar-refractivity contribution < 1.29 is 26.1 Å². The van der Waals surface area contributed by atoms with E-state index in [1.807, 2.05) is 13.8 Å². The third-order valence-electron chi connectivity index (χ3n) is 4.50. The van der Waals surface area contributed by atoms with Gasteiger partial charge in [0.2, 0.25) is 0 Å². The van der Waals surface area contributed by atoms with Crippen molar-refractivity contribution in [2.75, 3.05) is 26.7 Å². The standard InChI is InChI=1S/C15H24F3N5O3S/c1-10-13(11(2)26-22-10)4-7-20-14(19-3)21-12-5-8-23(9-6-12)27(24,25)15(16,17)18/h12H,4-9H2,1-3H3,(H2,19,20,21). The highest BCUT2D eigenvalue weighted by molar-refractivity contribution is 7.90. The van der Waals surface area contributed by atoms with E-state index in [9.17, 15) is 21.6 Å². The van der Waals surface area contributed by atoms with Crippen molar-refractivity contribution in [3.63, 3.8) is 0 Å². The maximum Gasteiger partial charge on any atom is 0.511 e. The molecule has 0 atom stereocenters. The quantitative estimate of drug-likeness (QED) is 0.560. The number of sulfonamides is 1. The summed E-state index contributed by atoms with van der Waals surface area (Å²) in [5.41, 5.74) is -3.41. The van der Waals surface area contributed by atoms with Crippen LogP contribution in [-0.4, -0.2) is 62.1 Å². The number of nitrogens with one attached hydrogen (secondary N) is 2. The van der Waals surface area contributed by atoms with Gasteiger partial charge in [0.25, 0.3) is 0 Å². The van der Waals surface area contributed by atoms with Crippen molar-refractivity contribution in [1.29, 1.82) is 0 Å². The molecule has 1 aliphatic heterocycles. The molecule has 154 valence electrons. The smallest absolute Gasteiger partial charge is 0.361 e. The number of hydrogen-bond donors (Lipinski definition) is 2. The van der Waals surface area contributed by atoms with Crippen molar-refractivity contribution in [3.8, 4) is 0 Å². The Balaban J connectivity index is 1.81. The molecule has 2 N–H and O–H groups in total. The predicted molar refractivity (Wildman–Crippen MR) is 93.7 cm³/mol. The Kier molecular flexibility index (Phi) is 6.73. The molecule has 2 rings (SSSR count). The summed E-state index contributed by atoms with van der Waals surface area (Å²) in [4.78, 5) is 4.10. The molecular weight excluding hydrogens is 387 g/mol. The van der Waals surface area contributed by atoms with E-state index in [0.717, 1.165) is 17.0 Å². The Hall–Kier alpha value is -1.82. The summed E-state index contributed by atoms with van der Waals surface area (Å²) in [6, 6.07) is -0.157. The number of alkyl halides is 3. The van der Waals surface area contributed by atoms with Crippen molar-refractivity contribution in [3.05, 3.63) is 17.0 Å². The number of aliphatic imine (C=N–C) groups is 1. The van der Waals surface area contributed by atoms with Gasteiger partial charge in [-0.25, -0.2) is 8.42 Å². The molecule has 1 aliphatic rings. The number of rotatable bonds is 5. The average molecular weight is 411 g/mol. The minimum absolute atomic E-state index is 0.157. The molecule has 0 bridgehead atoms. The Morgan fingerprint density at radius 1 is 1.33 bits per heavy atom. The highest BCUT2D eigenvalue weighted by Crippen LogP contribution is 2.28. The molecule has 0 radical (unpaired) electrons. The van der Waals surface area contributed by atoms with Crippen LogP contribution in [0.1, 0.15) is 29.9 Å². The highest BCUT2D eigenvalue weighted by atomic mass is 32.2. The number of guanidine groups is 1. The Morgan fingerprint density at radius 2 is 1.96 bits per heavy atom. The van der Waals surface area contributed by atoms with Gasteiger partial charge in [-0.15, -0.1) is 0 Å². The lowest BCUT2D eigenvalue weighted by molar-refractivity contribution is -0.0494. The van der Waals surface area contributed by atoms with E-state index >= 15 is 0 Å². The SMILES string of the molecule is CN=C(NCCc1c(C)noc1C)NC1CCN(S(=O)(=O)C(F)(F)F)CC1. The summed E-state index contributed by atoms with van der Waals surface area (Å²) in [6.45, 7) is 3.90. The summed E-state index contributed by atoms with van der Waals surface area (Å²) in [6.07, 6.45) is 1.21. The van der Waals surface area contributed by atoms with Gasteiger partial charge in [0.15, 0.2) is 5.96 Å². The number of aryl methyl sites for hydroxylation is 2. The fourth-order valence-corrected chi connectivity index (χ4v) is 3.92. The van der Waals surface area contributed by atoms with Crippen LogP contribution in [0.4, 0.5) is 13.2 Å². The monoisotopic (exact) mass is 411 g/mol. The van der Waals surface area contributed by atoms with Crippen LogP contribution in [0, 0.1) is 13.8 Å². The molecule has 8 nitrogen and oxygen atoms in total. The Bertz CT molecular complexity index is 749. The number of halogens is 3. The zero-order valence-corrected chi connectivity index (χ0v) is 16.2. The Labute approximate surface area is 156 Å². The summed E-state index contributed by atoms with van der Waals surface area (Å²) in [7, 11) is -3.67. The second-order valence-corrected chi connectivity index (χ2v) is 8.25. The van der Waals surface area contributed by atoms with Gasteiger partial charge in [0.05, 0.1) is 5.69 Å². The van der Waals surface area contributed by atoms with Crippen LogP contribution >= 0.6 is 0 Å². The normalized spacial score (nSPS) is 17.9. The molecule has 0 amide bonds. The first-order valence-corrected chi connectivity index (χ1v) is 9.95. The summed E-state index contributed by atoms with van der Waals surface area (Å²) in [5.74, 6) is 1.27. The van der Waals surface area contributed by atoms with Gasteiger partial charge < -0.3 is 15.2 Å². The predicted octanol–water partition coefficient (Wildman–Crippen LogP) is 1.31.